The van der Waals surface area contributed by atoms with E-state index in [2.05, 4.69) is 15.5 Å². The minimum Gasteiger partial charge on any atom is -0.438 e. The number of oxime groups is 1. The summed E-state index contributed by atoms with van der Waals surface area (Å²) in [7, 11) is 0. The van der Waals surface area contributed by atoms with E-state index in [0.717, 1.165) is 35.5 Å². The van der Waals surface area contributed by atoms with Gasteiger partial charge < -0.3 is 20.0 Å². The van der Waals surface area contributed by atoms with E-state index < -0.39 is 0 Å². The molecule has 2 aromatic rings. The quantitative estimate of drug-likeness (QED) is 0.458. The first-order valence-electron chi connectivity index (χ1n) is 8.46. The van der Waals surface area contributed by atoms with E-state index in [-0.39, 0.29) is 6.04 Å². The summed E-state index contributed by atoms with van der Waals surface area (Å²) in [4.78, 5) is 4.50. The summed E-state index contributed by atoms with van der Waals surface area (Å²) in [5.74, 6) is 1.06. The Bertz CT molecular complexity index is 810. The molecule has 6 nitrogen and oxygen atoms in total. The van der Waals surface area contributed by atoms with E-state index in [1.165, 1.54) is 6.21 Å². The predicted octanol–water partition coefficient (Wildman–Crippen LogP) is 4.46. The van der Waals surface area contributed by atoms with Crippen molar-refractivity contribution >= 4 is 23.5 Å². The van der Waals surface area contributed by atoms with Crippen LogP contribution in [0.15, 0.2) is 23.4 Å². The Hall–Kier alpha value is -2.31. The zero-order valence-electron chi connectivity index (χ0n) is 15.0. The molecule has 1 saturated heterocycles. The zero-order chi connectivity index (χ0) is 18.7. The fourth-order valence-corrected chi connectivity index (χ4v) is 3.38. The van der Waals surface area contributed by atoms with Crippen LogP contribution in [0.5, 0.6) is 11.6 Å². The molecule has 0 bridgehead atoms. The lowest BCUT2D eigenvalue weighted by Crippen LogP contribution is -2.20. The molecular formula is C19H22ClN3O3. The van der Waals surface area contributed by atoms with Crippen molar-refractivity contribution in [2.24, 2.45) is 5.16 Å². The van der Waals surface area contributed by atoms with Gasteiger partial charge in [-0.25, -0.2) is 4.98 Å². The first-order chi connectivity index (χ1) is 12.5. The summed E-state index contributed by atoms with van der Waals surface area (Å²) in [6.45, 7) is 7.13. The molecule has 0 saturated carbocycles. The van der Waals surface area contributed by atoms with Gasteiger partial charge in [0, 0.05) is 17.3 Å². The Morgan fingerprint density at radius 3 is 2.65 bits per heavy atom. The molecule has 0 spiro atoms. The van der Waals surface area contributed by atoms with Gasteiger partial charge in [0.25, 0.3) is 0 Å². The Morgan fingerprint density at radius 1 is 1.31 bits per heavy atom. The molecule has 7 heteroatoms. The van der Waals surface area contributed by atoms with Crippen LogP contribution < -0.4 is 10.1 Å². The number of aryl methyl sites for hydroxylation is 3. The fraction of sp³-hybridized carbons (Fsp3) is 0.368. The zero-order valence-corrected chi connectivity index (χ0v) is 15.8. The first-order valence-corrected chi connectivity index (χ1v) is 8.83. The normalized spacial score (nSPS) is 17.0. The minimum absolute atomic E-state index is 0.203. The average Bonchev–Trinajstić information content (AvgIpc) is 3.06. The molecular weight excluding hydrogens is 354 g/mol. The molecule has 1 aromatic carbocycles. The predicted molar refractivity (Wildman–Crippen MR) is 102 cm³/mol. The molecule has 1 aliphatic heterocycles. The van der Waals surface area contributed by atoms with Gasteiger partial charge in [0.05, 0.1) is 30.1 Å². The van der Waals surface area contributed by atoms with E-state index in [9.17, 15) is 0 Å². The summed E-state index contributed by atoms with van der Waals surface area (Å²) < 4.78 is 11.5. The van der Waals surface area contributed by atoms with Crippen molar-refractivity contribution in [1.29, 1.82) is 0 Å². The van der Waals surface area contributed by atoms with Crippen molar-refractivity contribution in [3.8, 4) is 11.6 Å². The lowest BCUT2D eigenvalue weighted by atomic mass is 10.1. The number of ether oxygens (including phenoxy) is 2. The second-order valence-electron chi connectivity index (χ2n) is 6.45. The summed E-state index contributed by atoms with van der Waals surface area (Å²) >= 11 is 6.10. The van der Waals surface area contributed by atoms with Gasteiger partial charge in [-0.05, 0) is 56.5 Å². The number of nitrogens with zero attached hydrogens (tertiary/aromatic N) is 2. The van der Waals surface area contributed by atoms with E-state index in [0.29, 0.717) is 28.8 Å². The molecule has 26 heavy (non-hydrogen) atoms. The number of pyridine rings is 1. The number of nitrogens with one attached hydrogen (secondary N) is 1. The summed E-state index contributed by atoms with van der Waals surface area (Å²) in [5.41, 5.74) is 3.98. The smallest absolute Gasteiger partial charge is 0.230 e. The van der Waals surface area contributed by atoms with Crippen molar-refractivity contribution in [3.05, 3.63) is 45.6 Å². The van der Waals surface area contributed by atoms with Crippen molar-refractivity contribution in [2.75, 3.05) is 18.5 Å². The van der Waals surface area contributed by atoms with Crippen LogP contribution in [0, 0.1) is 20.8 Å². The highest BCUT2D eigenvalue weighted by Gasteiger charge is 2.20. The summed E-state index contributed by atoms with van der Waals surface area (Å²) in [5, 5.41) is 16.4. The minimum atomic E-state index is 0.203. The summed E-state index contributed by atoms with van der Waals surface area (Å²) in [6, 6.07) is 5.79. The third-order valence-electron chi connectivity index (χ3n) is 4.25. The van der Waals surface area contributed by atoms with Crippen LogP contribution in [0.25, 0.3) is 0 Å². The number of halogens is 1. The Morgan fingerprint density at radius 2 is 2.04 bits per heavy atom. The van der Waals surface area contributed by atoms with E-state index in [1.54, 1.807) is 0 Å². The van der Waals surface area contributed by atoms with Crippen LogP contribution in [0.3, 0.4) is 0 Å². The standard InChI is InChI=1S/C19H22ClN3O3/c1-11-6-14(20)7-12(2)18(11)26-19-16(9-21-24)17(8-13(3)22-19)23-15-4-5-25-10-15/h6-9,15,24H,4-5,10H2,1-3H3,(H,22,23)/b21-9+. The van der Waals surface area contributed by atoms with Gasteiger partial charge in [0.1, 0.15) is 5.75 Å². The second kappa shape index (κ2) is 7.93. The molecule has 1 fully saturated rings. The SMILES string of the molecule is Cc1cc(NC2CCOC2)c(/C=N/O)c(Oc2c(C)cc(Cl)cc2C)n1. The number of aromatic nitrogens is 1. The van der Waals surface area contributed by atoms with Crippen LogP contribution in [0.4, 0.5) is 5.69 Å². The maximum absolute atomic E-state index is 9.13. The highest BCUT2D eigenvalue weighted by Crippen LogP contribution is 2.34. The van der Waals surface area contributed by atoms with Crippen LogP contribution in [0.1, 0.15) is 28.8 Å². The third kappa shape index (κ3) is 4.08. The lowest BCUT2D eigenvalue weighted by molar-refractivity contribution is 0.195. The van der Waals surface area contributed by atoms with Gasteiger partial charge in [0.2, 0.25) is 5.88 Å². The van der Waals surface area contributed by atoms with Crippen LogP contribution in [-0.4, -0.2) is 35.7 Å². The van der Waals surface area contributed by atoms with Crippen molar-refractivity contribution in [3.63, 3.8) is 0 Å². The molecule has 2 heterocycles. The second-order valence-corrected chi connectivity index (χ2v) is 6.89. The molecule has 2 N–H and O–H groups in total. The van der Waals surface area contributed by atoms with E-state index in [4.69, 9.17) is 26.3 Å². The van der Waals surface area contributed by atoms with Gasteiger partial charge in [-0.3, -0.25) is 0 Å². The topological polar surface area (TPSA) is 76.0 Å². The number of hydrogen-bond acceptors (Lipinski definition) is 6. The monoisotopic (exact) mass is 375 g/mol. The highest BCUT2D eigenvalue weighted by molar-refractivity contribution is 6.30. The van der Waals surface area contributed by atoms with Gasteiger partial charge >= 0.3 is 0 Å². The number of rotatable bonds is 5. The molecule has 0 aliphatic carbocycles. The van der Waals surface area contributed by atoms with E-state index >= 15 is 0 Å². The van der Waals surface area contributed by atoms with Crippen LogP contribution in [-0.2, 0) is 4.74 Å². The molecule has 1 unspecified atom stereocenters. The summed E-state index contributed by atoms with van der Waals surface area (Å²) in [6.07, 6.45) is 2.25. The van der Waals surface area contributed by atoms with Gasteiger partial charge in [-0.2, -0.15) is 0 Å². The average molecular weight is 376 g/mol. The molecule has 0 amide bonds. The van der Waals surface area contributed by atoms with Crippen molar-refractivity contribution < 1.29 is 14.7 Å². The highest BCUT2D eigenvalue weighted by atomic mass is 35.5. The van der Waals surface area contributed by atoms with Crippen LogP contribution >= 0.6 is 11.6 Å². The van der Waals surface area contributed by atoms with Crippen molar-refractivity contribution in [1.82, 2.24) is 4.98 Å². The first kappa shape index (κ1) is 18.5. The Labute approximate surface area is 157 Å². The van der Waals surface area contributed by atoms with Gasteiger partial charge in [-0.1, -0.05) is 16.8 Å². The van der Waals surface area contributed by atoms with Gasteiger partial charge in [-0.15, -0.1) is 0 Å². The molecule has 1 atom stereocenters. The fourth-order valence-electron chi connectivity index (χ4n) is 3.06. The molecule has 1 aromatic heterocycles. The van der Waals surface area contributed by atoms with Crippen molar-refractivity contribution in [2.45, 2.75) is 33.2 Å². The maximum atomic E-state index is 9.13. The number of hydrogen-bond donors (Lipinski definition) is 2. The molecule has 3 rings (SSSR count). The molecule has 1 aliphatic rings. The Balaban J connectivity index is 2.01. The molecule has 0 radical (unpaired) electrons. The number of benzene rings is 1. The van der Waals surface area contributed by atoms with E-state index in [1.807, 2.05) is 39.0 Å². The Kier molecular flexibility index (Phi) is 5.64. The van der Waals surface area contributed by atoms with Gasteiger partial charge in [0.15, 0.2) is 0 Å². The van der Waals surface area contributed by atoms with Crippen LogP contribution in [0.2, 0.25) is 5.02 Å². The third-order valence-corrected chi connectivity index (χ3v) is 4.47. The molecule has 138 valence electrons. The largest absolute Gasteiger partial charge is 0.438 e. The number of anilines is 1. The maximum Gasteiger partial charge on any atom is 0.230 e. The lowest BCUT2D eigenvalue weighted by Gasteiger charge is -2.18.